The first-order valence-electron chi connectivity index (χ1n) is 4.65. The molecule has 0 unspecified atom stereocenters. The molecular formula is C9H18Br2N2O. The fourth-order valence-corrected chi connectivity index (χ4v) is 2.08. The molecule has 0 aromatic heterocycles. The van der Waals surface area contributed by atoms with Gasteiger partial charge in [-0.3, -0.25) is 4.79 Å². The van der Waals surface area contributed by atoms with Gasteiger partial charge in [0.15, 0.2) is 0 Å². The van der Waals surface area contributed by atoms with Gasteiger partial charge in [-0.25, -0.2) is 0 Å². The minimum absolute atomic E-state index is 0. The van der Waals surface area contributed by atoms with Gasteiger partial charge in [-0.15, -0.1) is 17.0 Å². The lowest BCUT2D eigenvalue weighted by atomic mass is 10.0. The van der Waals surface area contributed by atoms with Gasteiger partial charge in [0.25, 0.3) is 0 Å². The van der Waals surface area contributed by atoms with Crippen LogP contribution in [-0.4, -0.2) is 54.3 Å². The predicted octanol–water partition coefficient (Wildman–Crippen LogP) is 1.51. The number of carbonyl (C=O) groups excluding carboxylic acids is 1. The number of amides is 1. The first kappa shape index (κ1) is 14.4. The first-order chi connectivity index (χ1) is 6.15. The summed E-state index contributed by atoms with van der Waals surface area (Å²) < 4.78 is 0. The second kappa shape index (κ2) is 6.80. The van der Waals surface area contributed by atoms with E-state index in [1.165, 1.54) is 0 Å². The Morgan fingerprint density at radius 3 is 2.43 bits per heavy atom. The van der Waals surface area contributed by atoms with Gasteiger partial charge in [0, 0.05) is 13.1 Å². The van der Waals surface area contributed by atoms with Crippen molar-refractivity contribution in [3.05, 3.63) is 0 Å². The molecule has 14 heavy (non-hydrogen) atoms. The lowest BCUT2D eigenvalue weighted by Crippen LogP contribution is -2.44. The molecule has 0 radical (unpaired) electrons. The summed E-state index contributed by atoms with van der Waals surface area (Å²) in [6.07, 6.45) is 2.21. The van der Waals surface area contributed by atoms with Crippen molar-refractivity contribution >= 4 is 38.8 Å². The summed E-state index contributed by atoms with van der Waals surface area (Å²) >= 11 is 3.19. The maximum absolute atomic E-state index is 11.4. The van der Waals surface area contributed by atoms with Crippen LogP contribution in [0, 0.1) is 0 Å². The first-order valence-corrected chi connectivity index (χ1v) is 5.77. The largest absolute Gasteiger partial charge is 0.342 e. The van der Waals surface area contributed by atoms with Crippen LogP contribution >= 0.6 is 32.9 Å². The molecule has 84 valence electrons. The molecule has 3 nitrogen and oxygen atoms in total. The molecule has 0 aromatic rings. The number of piperidine rings is 1. The summed E-state index contributed by atoms with van der Waals surface area (Å²) in [7, 11) is 4.03. The van der Waals surface area contributed by atoms with Crippen molar-refractivity contribution < 1.29 is 4.79 Å². The summed E-state index contributed by atoms with van der Waals surface area (Å²) in [5.74, 6) is 0.189. The van der Waals surface area contributed by atoms with E-state index >= 15 is 0 Å². The number of hydrogen-bond donors (Lipinski definition) is 0. The molecule has 0 bridgehead atoms. The van der Waals surface area contributed by atoms with Crippen molar-refractivity contribution in [3.8, 4) is 0 Å². The van der Waals surface area contributed by atoms with Crippen molar-refractivity contribution in [2.24, 2.45) is 0 Å². The van der Waals surface area contributed by atoms with Gasteiger partial charge >= 0.3 is 0 Å². The van der Waals surface area contributed by atoms with Crippen LogP contribution in [0.1, 0.15) is 12.8 Å². The van der Waals surface area contributed by atoms with E-state index in [1.54, 1.807) is 0 Å². The smallest absolute Gasteiger partial charge is 0.233 e. The molecule has 0 saturated carbocycles. The van der Waals surface area contributed by atoms with Crippen LogP contribution in [0.25, 0.3) is 0 Å². The minimum atomic E-state index is 0. The third-order valence-electron chi connectivity index (χ3n) is 2.74. The highest BCUT2D eigenvalue weighted by molar-refractivity contribution is 9.09. The number of carbonyl (C=O) groups is 1. The Bertz CT molecular complexity index is 182. The molecule has 1 aliphatic heterocycles. The van der Waals surface area contributed by atoms with Crippen LogP contribution in [0.2, 0.25) is 0 Å². The van der Waals surface area contributed by atoms with Crippen LogP contribution in [-0.2, 0) is 4.79 Å². The Morgan fingerprint density at radius 1 is 1.50 bits per heavy atom. The van der Waals surface area contributed by atoms with Crippen molar-refractivity contribution in [1.82, 2.24) is 9.80 Å². The zero-order valence-corrected chi connectivity index (χ0v) is 12.0. The minimum Gasteiger partial charge on any atom is -0.342 e. The number of alkyl halides is 1. The Balaban J connectivity index is 0.00000169. The number of hydrogen-bond acceptors (Lipinski definition) is 2. The van der Waals surface area contributed by atoms with E-state index in [-0.39, 0.29) is 22.9 Å². The molecule has 1 fully saturated rings. The summed E-state index contributed by atoms with van der Waals surface area (Å²) in [6.45, 7) is 2.20. The average Bonchev–Trinajstić information content (AvgIpc) is 2.17. The van der Waals surface area contributed by atoms with Crippen LogP contribution in [0.5, 0.6) is 0 Å². The summed E-state index contributed by atoms with van der Waals surface area (Å²) in [5.41, 5.74) is 0. The van der Waals surface area contributed by atoms with Crippen molar-refractivity contribution in [2.75, 3.05) is 32.5 Å². The third-order valence-corrected chi connectivity index (χ3v) is 3.22. The quantitative estimate of drug-likeness (QED) is 0.717. The molecular weight excluding hydrogens is 312 g/mol. The maximum atomic E-state index is 11.4. The molecule has 1 aliphatic rings. The van der Waals surface area contributed by atoms with Crippen molar-refractivity contribution in [2.45, 2.75) is 18.9 Å². The topological polar surface area (TPSA) is 23.6 Å². The lowest BCUT2D eigenvalue weighted by molar-refractivity contribution is -0.129. The Kier molecular flexibility index (Phi) is 6.99. The molecule has 1 heterocycles. The molecule has 0 aliphatic carbocycles. The molecule has 0 aromatic carbocycles. The molecule has 1 rings (SSSR count). The van der Waals surface area contributed by atoms with E-state index in [4.69, 9.17) is 0 Å². The number of likely N-dealkylation sites (tertiary alicyclic amines) is 1. The van der Waals surface area contributed by atoms with Gasteiger partial charge in [-0.05, 0) is 33.0 Å². The fraction of sp³-hybridized carbons (Fsp3) is 0.889. The Labute approximate surface area is 105 Å². The Hall–Kier alpha value is 0.390. The van der Waals surface area contributed by atoms with Crippen molar-refractivity contribution in [3.63, 3.8) is 0 Å². The zero-order chi connectivity index (χ0) is 9.84. The van der Waals surface area contributed by atoms with E-state index in [1.807, 2.05) is 11.9 Å². The van der Waals surface area contributed by atoms with Crippen LogP contribution in [0.15, 0.2) is 0 Å². The lowest BCUT2D eigenvalue weighted by Gasteiger charge is -2.34. The van der Waals surface area contributed by atoms with Gasteiger partial charge < -0.3 is 9.80 Å². The molecule has 0 atom stereocenters. The highest BCUT2D eigenvalue weighted by Crippen LogP contribution is 2.14. The monoisotopic (exact) mass is 328 g/mol. The summed E-state index contributed by atoms with van der Waals surface area (Å²) in [6, 6.07) is 0.446. The van der Waals surface area contributed by atoms with Crippen LogP contribution in [0.3, 0.4) is 0 Å². The number of rotatable bonds is 2. The van der Waals surface area contributed by atoms with Gasteiger partial charge in [-0.1, -0.05) is 15.9 Å². The van der Waals surface area contributed by atoms with Crippen LogP contribution < -0.4 is 0 Å². The fourth-order valence-electron chi connectivity index (χ4n) is 1.68. The van der Waals surface area contributed by atoms with Gasteiger partial charge in [-0.2, -0.15) is 0 Å². The highest BCUT2D eigenvalue weighted by atomic mass is 79.9. The summed E-state index contributed by atoms with van der Waals surface area (Å²) in [4.78, 5) is 15.5. The second-order valence-corrected chi connectivity index (χ2v) is 4.23. The van der Waals surface area contributed by atoms with Crippen molar-refractivity contribution in [1.29, 1.82) is 0 Å². The number of halogens is 2. The van der Waals surface area contributed by atoms with E-state index in [0.717, 1.165) is 25.9 Å². The third kappa shape index (κ3) is 3.87. The SMILES string of the molecule is Br.CN1CCC(N(C)C(=O)CBr)CC1. The van der Waals surface area contributed by atoms with Gasteiger partial charge in [0.1, 0.15) is 0 Å². The normalized spacial score (nSPS) is 18.8. The van der Waals surface area contributed by atoms with Gasteiger partial charge in [0.05, 0.1) is 5.33 Å². The van der Waals surface area contributed by atoms with E-state index < -0.39 is 0 Å². The summed E-state index contributed by atoms with van der Waals surface area (Å²) in [5, 5.41) is 0.440. The maximum Gasteiger partial charge on any atom is 0.233 e. The highest BCUT2D eigenvalue weighted by Gasteiger charge is 2.22. The molecule has 1 saturated heterocycles. The van der Waals surface area contributed by atoms with Crippen LogP contribution in [0.4, 0.5) is 0 Å². The number of nitrogens with zero attached hydrogens (tertiary/aromatic N) is 2. The molecule has 1 amide bonds. The predicted molar refractivity (Wildman–Crippen MR) is 67.4 cm³/mol. The standard InChI is InChI=1S/C9H17BrN2O.BrH/c1-11-5-3-8(4-6-11)12(2)9(13)7-10;/h8H,3-7H2,1-2H3;1H. The van der Waals surface area contributed by atoms with E-state index in [2.05, 4.69) is 27.9 Å². The second-order valence-electron chi connectivity index (χ2n) is 3.67. The molecule has 0 N–H and O–H groups in total. The average molecular weight is 330 g/mol. The van der Waals surface area contributed by atoms with Gasteiger partial charge in [0.2, 0.25) is 5.91 Å². The zero-order valence-electron chi connectivity index (χ0n) is 8.70. The molecule has 5 heteroatoms. The van der Waals surface area contributed by atoms with E-state index in [9.17, 15) is 4.79 Å². The van der Waals surface area contributed by atoms with E-state index in [0.29, 0.717) is 11.4 Å². The Morgan fingerprint density at radius 2 is 2.00 bits per heavy atom. The molecule has 0 spiro atoms.